The summed E-state index contributed by atoms with van der Waals surface area (Å²) in [6.07, 6.45) is 0. The van der Waals surface area contributed by atoms with Crippen LogP contribution in [0.25, 0.3) is 22.4 Å². The molecule has 0 unspecified atom stereocenters. The normalized spacial score (nSPS) is 11.5. The third-order valence-corrected chi connectivity index (χ3v) is 3.56. The predicted octanol–water partition coefficient (Wildman–Crippen LogP) is 4.44. The molecule has 3 rings (SSSR count). The number of aromatic hydroxyl groups is 1. The molecule has 0 atom stereocenters. The lowest BCUT2D eigenvalue weighted by molar-refractivity contribution is 0.474. The standard InChI is InChI=1S/C17H17FN2O/c1-10(2)20-15-6-4-11(3)8-14(15)19-17(20)13-9-12(18)5-7-16(13)21/h4-10,21H,1-3H3. The number of phenols is 1. The van der Waals surface area contributed by atoms with E-state index in [1.165, 1.54) is 18.2 Å². The Morgan fingerprint density at radius 2 is 1.90 bits per heavy atom. The van der Waals surface area contributed by atoms with Gasteiger partial charge in [-0.15, -0.1) is 0 Å². The SMILES string of the molecule is Cc1ccc2c(c1)nc(-c1cc(F)ccc1O)n2C(C)C. The van der Waals surface area contributed by atoms with Crippen molar-refractivity contribution < 1.29 is 9.50 Å². The molecular weight excluding hydrogens is 267 g/mol. The maximum absolute atomic E-state index is 13.5. The lowest BCUT2D eigenvalue weighted by Gasteiger charge is -2.14. The quantitative estimate of drug-likeness (QED) is 0.755. The van der Waals surface area contributed by atoms with Crippen molar-refractivity contribution in [2.24, 2.45) is 0 Å². The van der Waals surface area contributed by atoms with Gasteiger partial charge < -0.3 is 9.67 Å². The molecule has 0 aliphatic heterocycles. The van der Waals surface area contributed by atoms with E-state index in [1.807, 2.05) is 43.5 Å². The molecule has 0 radical (unpaired) electrons. The highest BCUT2D eigenvalue weighted by Crippen LogP contribution is 2.34. The molecular formula is C17H17FN2O. The van der Waals surface area contributed by atoms with Crippen molar-refractivity contribution in [2.75, 3.05) is 0 Å². The average Bonchev–Trinajstić information content (AvgIpc) is 2.79. The van der Waals surface area contributed by atoms with E-state index in [-0.39, 0.29) is 17.6 Å². The summed E-state index contributed by atoms with van der Waals surface area (Å²) in [4.78, 5) is 4.60. The lowest BCUT2D eigenvalue weighted by atomic mass is 10.1. The van der Waals surface area contributed by atoms with Gasteiger partial charge in [0.2, 0.25) is 0 Å². The fourth-order valence-corrected chi connectivity index (χ4v) is 2.61. The van der Waals surface area contributed by atoms with Crippen LogP contribution in [0.5, 0.6) is 5.75 Å². The Balaban J connectivity index is 2.36. The minimum absolute atomic E-state index is 0.0327. The van der Waals surface area contributed by atoms with Crippen LogP contribution >= 0.6 is 0 Å². The minimum Gasteiger partial charge on any atom is -0.507 e. The monoisotopic (exact) mass is 284 g/mol. The van der Waals surface area contributed by atoms with E-state index >= 15 is 0 Å². The molecule has 3 nitrogen and oxygen atoms in total. The number of hydrogen-bond acceptors (Lipinski definition) is 2. The number of benzene rings is 2. The van der Waals surface area contributed by atoms with E-state index < -0.39 is 0 Å². The summed E-state index contributed by atoms with van der Waals surface area (Å²) in [5.41, 5.74) is 3.36. The molecule has 0 saturated heterocycles. The van der Waals surface area contributed by atoms with Crippen LogP contribution in [-0.2, 0) is 0 Å². The molecule has 0 amide bonds. The van der Waals surface area contributed by atoms with Crippen molar-refractivity contribution >= 4 is 11.0 Å². The van der Waals surface area contributed by atoms with Gasteiger partial charge in [-0.1, -0.05) is 6.07 Å². The first-order valence-electron chi connectivity index (χ1n) is 6.95. The van der Waals surface area contributed by atoms with E-state index in [0.29, 0.717) is 11.4 Å². The third kappa shape index (κ3) is 2.27. The predicted molar refractivity (Wildman–Crippen MR) is 81.9 cm³/mol. The van der Waals surface area contributed by atoms with Crippen molar-refractivity contribution in [3.8, 4) is 17.1 Å². The Hall–Kier alpha value is -2.36. The van der Waals surface area contributed by atoms with Crippen molar-refractivity contribution in [2.45, 2.75) is 26.8 Å². The van der Waals surface area contributed by atoms with Gasteiger partial charge in [0.25, 0.3) is 0 Å². The third-order valence-electron chi connectivity index (χ3n) is 3.56. The number of hydrogen-bond donors (Lipinski definition) is 1. The summed E-state index contributed by atoms with van der Waals surface area (Å²) >= 11 is 0. The Labute approximate surface area is 122 Å². The van der Waals surface area contributed by atoms with Crippen LogP contribution in [0.1, 0.15) is 25.5 Å². The molecule has 0 aliphatic carbocycles. The Morgan fingerprint density at radius 3 is 2.62 bits per heavy atom. The maximum atomic E-state index is 13.5. The van der Waals surface area contributed by atoms with Gasteiger partial charge in [0.05, 0.1) is 16.6 Å². The molecule has 1 heterocycles. The summed E-state index contributed by atoms with van der Waals surface area (Å²) in [7, 11) is 0. The first-order valence-corrected chi connectivity index (χ1v) is 6.95. The van der Waals surface area contributed by atoms with Crippen molar-refractivity contribution in [1.82, 2.24) is 9.55 Å². The maximum Gasteiger partial charge on any atom is 0.145 e. The molecule has 0 fully saturated rings. The van der Waals surface area contributed by atoms with Gasteiger partial charge in [0.1, 0.15) is 17.4 Å². The van der Waals surface area contributed by atoms with Crippen molar-refractivity contribution in [3.63, 3.8) is 0 Å². The zero-order valence-electron chi connectivity index (χ0n) is 12.3. The molecule has 3 aromatic rings. The Bertz CT molecular complexity index is 821. The number of imidazole rings is 1. The summed E-state index contributed by atoms with van der Waals surface area (Å²) < 4.78 is 15.6. The second-order valence-electron chi connectivity index (χ2n) is 5.55. The van der Waals surface area contributed by atoms with Crippen LogP contribution in [0.2, 0.25) is 0 Å². The zero-order valence-corrected chi connectivity index (χ0v) is 12.3. The molecule has 0 saturated carbocycles. The molecule has 2 aromatic carbocycles. The fraction of sp³-hybridized carbons (Fsp3) is 0.235. The number of phenolic OH excluding ortho intramolecular Hbond substituents is 1. The van der Waals surface area contributed by atoms with Gasteiger partial charge >= 0.3 is 0 Å². The van der Waals surface area contributed by atoms with E-state index in [0.717, 1.165) is 16.6 Å². The molecule has 1 aromatic heterocycles. The van der Waals surface area contributed by atoms with Gasteiger partial charge in [-0.2, -0.15) is 0 Å². The number of fused-ring (bicyclic) bond motifs is 1. The first-order chi connectivity index (χ1) is 9.97. The number of nitrogens with zero attached hydrogens (tertiary/aromatic N) is 2. The fourth-order valence-electron chi connectivity index (χ4n) is 2.61. The van der Waals surface area contributed by atoms with E-state index in [2.05, 4.69) is 4.98 Å². The molecule has 4 heteroatoms. The molecule has 108 valence electrons. The van der Waals surface area contributed by atoms with E-state index in [1.54, 1.807) is 0 Å². The largest absolute Gasteiger partial charge is 0.507 e. The summed E-state index contributed by atoms with van der Waals surface area (Å²) in [6, 6.07) is 10.1. The van der Waals surface area contributed by atoms with Crippen LogP contribution < -0.4 is 0 Å². The summed E-state index contributed by atoms with van der Waals surface area (Å²) in [5, 5.41) is 10.1. The van der Waals surface area contributed by atoms with Crippen LogP contribution in [0.15, 0.2) is 36.4 Å². The zero-order chi connectivity index (χ0) is 15.1. The number of halogens is 1. The highest BCUT2D eigenvalue weighted by atomic mass is 19.1. The molecule has 1 N–H and O–H groups in total. The number of rotatable bonds is 2. The summed E-state index contributed by atoms with van der Waals surface area (Å²) in [5.74, 6) is 0.231. The second-order valence-corrected chi connectivity index (χ2v) is 5.55. The smallest absolute Gasteiger partial charge is 0.145 e. The van der Waals surface area contributed by atoms with E-state index in [4.69, 9.17) is 0 Å². The number of aryl methyl sites for hydroxylation is 1. The van der Waals surface area contributed by atoms with E-state index in [9.17, 15) is 9.50 Å². The van der Waals surface area contributed by atoms with Crippen LogP contribution in [0.4, 0.5) is 4.39 Å². The van der Waals surface area contributed by atoms with Crippen molar-refractivity contribution in [3.05, 3.63) is 47.8 Å². The Kier molecular flexibility index (Phi) is 3.16. The van der Waals surface area contributed by atoms with Crippen LogP contribution in [-0.4, -0.2) is 14.7 Å². The molecule has 21 heavy (non-hydrogen) atoms. The first kappa shape index (κ1) is 13.6. The molecule has 0 spiro atoms. The summed E-state index contributed by atoms with van der Waals surface area (Å²) in [6.45, 7) is 6.09. The topological polar surface area (TPSA) is 38.1 Å². The highest BCUT2D eigenvalue weighted by molar-refractivity contribution is 5.82. The lowest BCUT2D eigenvalue weighted by Crippen LogP contribution is -2.03. The van der Waals surface area contributed by atoms with Crippen LogP contribution in [0.3, 0.4) is 0 Å². The van der Waals surface area contributed by atoms with Gasteiger partial charge in [-0.3, -0.25) is 0 Å². The molecule has 0 aliphatic rings. The molecule has 0 bridgehead atoms. The van der Waals surface area contributed by atoms with Gasteiger partial charge in [0, 0.05) is 6.04 Å². The number of aromatic nitrogens is 2. The minimum atomic E-state index is -0.388. The van der Waals surface area contributed by atoms with Gasteiger partial charge in [-0.05, 0) is 56.7 Å². The van der Waals surface area contributed by atoms with Crippen molar-refractivity contribution in [1.29, 1.82) is 0 Å². The highest BCUT2D eigenvalue weighted by Gasteiger charge is 2.18. The van der Waals surface area contributed by atoms with Gasteiger partial charge in [0.15, 0.2) is 0 Å². The Morgan fingerprint density at radius 1 is 1.14 bits per heavy atom. The average molecular weight is 284 g/mol. The second kappa shape index (κ2) is 4.88. The van der Waals surface area contributed by atoms with Crippen LogP contribution in [0, 0.1) is 12.7 Å². The van der Waals surface area contributed by atoms with Gasteiger partial charge in [-0.25, -0.2) is 9.37 Å².